The molecular formula is C69H97NO24. The first-order valence-electron chi connectivity index (χ1n) is 34.7. The minimum atomic E-state index is -1.65. The third-order valence-corrected chi connectivity index (χ3v) is 24.5. The van der Waals surface area contributed by atoms with Gasteiger partial charge in [0.15, 0.2) is 35.7 Å². The van der Waals surface area contributed by atoms with Gasteiger partial charge in [-0.05, 0) is 120 Å². The number of fused-ring (bicyclic) bond motifs is 6. The summed E-state index contributed by atoms with van der Waals surface area (Å²) in [7, 11) is 0. The maximum absolute atomic E-state index is 13.9. The van der Waals surface area contributed by atoms with E-state index in [1.807, 2.05) is 71.9 Å². The fourth-order valence-corrected chi connectivity index (χ4v) is 18.5. The highest BCUT2D eigenvalue weighted by atomic mass is 17.3. The zero-order valence-electron chi connectivity index (χ0n) is 56.1. The fourth-order valence-electron chi connectivity index (χ4n) is 18.5. The Labute approximate surface area is 549 Å². The molecule has 0 unspecified atom stereocenters. The Hall–Kier alpha value is -4.48. The standard InChI is InChI=1S/C69H97NO24/c1-38-16-18-48-41(4)56(83-59-67(48)45(38)27-31-63(8,86-59)89-92-67)80-53(74)23-20-50(71)77-35-66(70-34-44-14-12-11-13-15-44,36-78-51(72)21-24-54(75)81-57-42(5)49-19-17-39(2)46-28-32-64(9)87-60(84-57)68(46,49)93-90-64)37-79-52(73)22-25-55(76)82-58-43(6)62(7)30-26-40(3)47-29-33-65(10)88-61(85-58)69(47,62)94-91-65/h11-15,38-43,45-49,56-61,70H,16-37H2,1-10H3/t38-,39-,40-,41-,42-,43+,45+,46+,47+,48+,49+,56-,57-,58-,59-,60-,61-,62+,63-,64-,65-,67-,68-,69+/m1/s1. The van der Waals surface area contributed by atoms with Gasteiger partial charge >= 0.3 is 35.8 Å². The number of hydrogen-bond acceptors (Lipinski definition) is 25. The predicted octanol–water partition coefficient (Wildman–Crippen LogP) is 9.13. The number of carbonyl (C=O) groups excluding carboxylic acids is 6. The van der Waals surface area contributed by atoms with Gasteiger partial charge in [-0.15, -0.1) is 0 Å². The normalized spacial score (nSPS) is 45.1. The molecule has 24 atom stereocenters. The Morgan fingerprint density at radius 3 is 1.33 bits per heavy atom. The van der Waals surface area contributed by atoms with E-state index in [4.69, 9.17) is 86.2 Å². The Kier molecular flexibility index (Phi) is 18.8. The summed E-state index contributed by atoms with van der Waals surface area (Å²) < 4.78 is 74.5. The first kappa shape index (κ1) is 68.1. The lowest BCUT2D eigenvalue weighted by atomic mass is 9.50. The van der Waals surface area contributed by atoms with Gasteiger partial charge in [0.25, 0.3) is 0 Å². The van der Waals surface area contributed by atoms with Crippen LogP contribution < -0.4 is 5.32 Å². The highest BCUT2D eigenvalue weighted by molar-refractivity contribution is 5.79. The second-order valence-electron chi connectivity index (χ2n) is 30.5. The second-order valence-corrected chi connectivity index (χ2v) is 30.5. The molecule has 25 heteroatoms. The average molecular weight is 1320 g/mol. The number of esters is 6. The van der Waals surface area contributed by atoms with E-state index in [-0.39, 0.29) is 66.7 Å². The number of hydrogen-bond donors (Lipinski definition) is 1. The van der Waals surface area contributed by atoms with E-state index in [0.29, 0.717) is 37.0 Å². The minimum Gasteiger partial charge on any atom is -0.463 e. The molecule has 0 amide bonds. The molecule has 3 spiro atoms. The molecule has 94 heavy (non-hydrogen) atoms. The molecular weight excluding hydrogens is 1230 g/mol. The van der Waals surface area contributed by atoms with Crippen molar-refractivity contribution in [3.05, 3.63) is 35.9 Å². The lowest BCUT2D eigenvalue weighted by Crippen LogP contribution is -2.74. The molecule has 1 aromatic carbocycles. The molecule has 12 saturated heterocycles. The van der Waals surface area contributed by atoms with Crippen molar-refractivity contribution in [1.82, 2.24) is 5.32 Å². The van der Waals surface area contributed by atoms with Crippen LogP contribution in [0.5, 0.6) is 0 Å². The third-order valence-electron chi connectivity index (χ3n) is 24.5. The third kappa shape index (κ3) is 12.2. The fraction of sp³-hybridized carbons (Fsp3) is 0.826. The van der Waals surface area contributed by atoms with Gasteiger partial charge in [0.1, 0.15) is 25.4 Å². The summed E-state index contributed by atoms with van der Waals surface area (Å²) in [5, 5.41) is 3.32. The van der Waals surface area contributed by atoms with Gasteiger partial charge in [0, 0.05) is 60.8 Å². The van der Waals surface area contributed by atoms with Crippen LogP contribution in [0.15, 0.2) is 30.3 Å². The van der Waals surface area contributed by atoms with Crippen molar-refractivity contribution < 1.29 is 115 Å². The van der Waals surface area contributed by atoms with E-state index < -0.39 is 164 Å². The van der Waals surface area contributed by atoms with Crippen molar-refractivity contribution in [3.8, 4) is 0 Å². The summed E-state index contributed by atoms with van der Waals surface area (Å²) >= 11 is 0. The molecule has 15 aliphatic rings. The minimum absolute atomic E-state index is 0.0723. The van der Waals surface area contributed by atoms with Crippen molar-refractivity contribution in [2.75, 3.05) is 19.8 Å². The molecule has 12 aliphatic heterocycles. The summed E-state index contributed by atoms with van der Waals surface area (Å²) in [6.45, 7) is 18.5. The lowest BCUT2D eigenvalue weighted by Gasteiger charge is -2.65. The van der Waals surface area contributed by atoms with Gasteiger partial charge in [0.2, 0.25) is 36.2 Å². The van der Waals surface area contributed by atoms with Crippen LogP contribution in [0.3, 0.4) is 0 Å². The van der Waals surface area contributed by atoms with E-state index in [2.05, 4.69) is 33.0 Å². The molecule has 3 aliphatic carbocycles. The van der Waals surface area contributed by atoms with Crippen LogP contribution in [0.4, 0.5) is 0 Å². The van der Waals surface area contributed by atoms with Crippen LogP contribution in [-0.4, -0.2) is 133 Å². The van der Waals surface area contributed by atoms with Crippen molar-refractivity contribution >= 4 is 35.8 Å². The molecule has 25 nitrogen and oxygen atoms in total. The Morgan fingerprint density at radius 1 is 0.447 bits per heavy atom. The topological polar surface area (TPSA) is 281 Å². The molecule has 0 radical (unpaired) electrons. The van der Waals surface area contributed by atoms with Crippen LogP contribution in [0, 0.1) is 70.5 Å². The summed E-state index contributed by atoms with van der Waals surface area (Å²) in [6.07, 6.45) is 1.38. The lowest BCUT2D eigenvalue weighted by molar-refractivity contribution is -0.586. The quantitative estimate of drug-likeness (QED) is 0.0682. The van der Waals surface area contributed by atoms with Gasteiger partial charge < -0.3 is 56.8 Å². The SMILES string of the molecule is C[C@H]1[C@H](OC(=O)CCC(=O)OCC(COC(=O)CCC(=O)O[C@@H]2O[C@@H]3O[C@@]4(C)CC[C@H]5[C@H](C)CC[C@@H]([C@H]2C)[C@@]35OO4)(COC(=O)CCC(=O)O[C@@H]2O[C@@H]3O[C@@]4(C)CC[C@H]5[C@H](C)CC[C@@](C)([C@H]2C)[C@@]35OO4)NCc2ccccc2)O[C@@H]2O[C@@]3(C)CC[C@H]4[C@H](C)CC[C@@H]1[C@@]24OO3. The molecule has 1 aromatic rings. The van der Waals surface area contributed by atoms with Crippen LogP contribution in [-0.2, 0) is 121 Å². The second kappa shape index (κ2) is 26.0. The molecule has 0 aromatic heterocycles. The van der Waals surface area contributed by atoms with E-state index >= 15 is 0 Å². The Bertz CT molecular complexity index is 2880. The number of carbonyl (C=O) groups is 6. The van der Waals surface area contributed by atoms with Gasteiger partial charge in [-0.1, -0.05) is 78.8 Å². The maximum atomic E-state index is 13.9. The highest BCUT2D eigenvalue weighted by Crippen LogP contribution is 2.67. The van der Waals surface area contributed by atoms with Crippen LogP contribution in [0.1, 0.15) is 190 Å². The van der Waals surface area contributed by atoms with Gasteiger partial charge in [-0.2, -0.15) is 0 Å². The number of benzene rings is 1. The largest absolute Gasteiger partial charge is 0.463 e. The first-order chi connectivity index (χ1) is 44.7. The van der Waals surface area contributed by atoms with Crippen LogP contribution >= 0.6 is 0 Å². The molecule has 3 saturated carbocycles. The predicted molar refractivity (Wildman–Crippen MR) is 320 cm³/mol. The summed E-state index contributed by atoms with van der Waals surface area (Å²) in [5.74, 6) is -7.66. The average Bonchev–Trinajstić information content (AvgIpc) is 1.25. The molecule has 12 heterocycles. The van der Waals surface area contributed by atoms with Crippen molar-refractivity contribution in [2.24, 2.45) is 70.5 Å². The molecule has 1 N–H and O–H groups in total. The first-order valence-corrected chi connectivity index (χ1v) is 34.7. The van der Waals surface area contributed by atoms with Gasteiger partial charge in [-0.25, -0.2) is 29.3 Å². The molecule has 522 valence electrons. The van der Waals surface area contributed by atoms with Crippen molar-refractivity contribution in [1.29, 1.82) is 0 Å². The highest BCUT2D eigenvalue weighted by Gasteiger charge is 2.76. The van der Waals surface area contributed by atoms with E-state index in [1.54, 1.807) is 0 Å². The van der Waals surface area contributed by atoms with Crippen LogP contribution in [0.25, 0.3) is 0 Å². The number of nitrogens with one attached hydrogen (secondary N) is 1. The summed E-state index contributed by atoms with van der Waals surface area (Å²) in [6, 6.07) is 9.19. The number of ether oxygens (including phenoxy) is 12. The van der Waals surface area contributed by atoms with Crippen molar-refractivity contribution in [2.45, 2.75) is 269 Å². The molecule has 16 rings (SSSR count). The number of rotatable bonds is 21. The zero-order chi connectivity index (χ0) is 66.4. The van der Waals surface area contributed by atoms with E-state index in [1.165, 1.54) is 0 Å². The Morgan fingerprint density at radius 2 is 0.851 bits per heavy atom. The summed E-state index contributed by atoms with van der Waals surface area (Å²) in [5.41, 5.74) is -4.13. The van der Waals surface area contributed by atoms with Gasteiger partial charge in [-0.3, -0.25) is 34.1 Å². The van der Waals surface area contributed by atoms with Crippen molar-refractivity contribution in [3.63, 3.8) is 0 Å². The van der Waals surface area contributed by atoms with E-state index in [9.17, 15) is 28.8 Å². The maximum Gasteiger partial charge on any atom is 0.308 e. The van der Waals surface area contributed by atoms with Crippen LogP contribution in [0.2, 0.25) is 0 Å². The Balaban J connectivity index is 0.664. The smallest absolute Gasteiger partial charge is 0.308 e. The molecule has 6 bridgehead atoms. The van der Waals surface area contributed by atoms with E-state index in [0.717, 1.165) is 63.4 Å². The summed E-state index contributed by atoms with van der Waals surface area (Å²) in [4.78, 5) is 120. The molecule has 15 fully saturated rings. The monoisotopic (exact) mass is 1320 g/mol. The zero-order valence-corrected chi connectivity index (χ0v) is 56.1. The van der Waals surface area contributed by atoms with Gasteiger partial charge in [0.05, 0.1) is 38.5 Å².